The van der Waals surface area contributed by atoms with E-state index in [1.165, 1.54) is 13.0 Å². The summed E-state index contributed by atoms with van der Waals surface area (Å²) in [4.78, 5) is 13.3. The second-order valence-corrected chi connectivity index (χ2v) is 4.02. The highest BCUT2D eigenvalue weighted by atomic mass is 19.1. The van der Waals surface area contributed by atoms with E-state index in [-0.39, 0.29) is 11.5 Å². The average Bonchev–Trinajstić information content (AvgIpc) is 2.29. The molecule has 0 N–H and O–H groups in total. The van der Waals surface area contributed by atoms with E-state index >= 15 is 0 Å². The quantitative estimate of drug-likeness (QED) is 0.756. The first kappa shape index (κ1) is 14.2. The van der Waals surface area contributed by atoms with E-state index in [1.54, 1.807) is 25.2 Å². The van der Waals surface area contributed by atoms with Gasteiger partial charge in [-0.05, 0) is 19.1 Å². The van der Waals surface area contributed by atoms with Gasteiger partial charge in [0.25, 0.3) is 0 Å². The van der Waals surface area contributed by atoms with E-state index in [9.17, 15) is 13.6 Å². The van der Waals surface area contributed by atoms with Crippen molar-refractivity contribution in [3.05, 3.63) is 42.1 Å². The van der Waals surface area contributed by atoms with Crippen molar-refractivity contribution in [2.24, 2.45) is 0 Å². The summed E-state index contributed by atoms with van der Waals surface area (Å²) < 4.78 is 31.1. The molecule has 3 nitrogen and oxygen atoms in total. The van der Waals surface area contributed by atoms with Crippen molar-refractivity contribution in [1.29, 1.82) is 0 Å². The fraction of sp³-hybridized carbons (Fsp3) is 0.308. The highest BCUT2D eigenvalue weighted by molar-refractivity contribution is 5.93. The monoisotopic (exact) mass is 255 g/mol. The number of carbonyl (C=O) groups excluding carboxylic acids is 1. The molecular weight excluding hydrogens is 240 g/mol. The smallest absolute Gasteiger partial charge is 0.197 e. The second-order valence-electron chi connectivity index (χ2n) is 4.02. The normalized spacial score (nSPS) is 12.5. The Labute approximate surface area is 105 Å². The number of benzene rings is 1. The van der Waals surface area contributed by atoms with E-state index in [1.807, 2.05) is 0 Å². The molecule has 1 aromatic rings. The van der Waals surface area contributed by atoms with Gasteiger partial charge in [-0.25, -0.2) is 8.78 Å². The molecule has 0 spiro atoms. The highest BCUT2D eigenvalue weighted by Gasteiger charge is 2.14. The van der Waals surface area contributed by atoms with Crippen LogP contribution in [0.3, 0.4) is 0 Å². The van der Waals surface area contributed by atoms with Crippen molar-refractivity contribution in [1.82, 2.24) is 4.90 Å². The SMILES string of the molecule is C[C@H](Oc1ccc(F)cc1F)C(=O)/C=C/N(C)C. The minimum atomic E-state index is -0.832. The van der Waals surface area contributed by atoms with Gasteiger partial charge in [-0.2, -0.15) is 0 Å². The lowest BCUT2D eigenvalue weighted by atomic mass is 10.2. The summed E-state index contributed by atoms with van der Waals surface area (Å²) in [5, 5.41) is 0. The van der Waals surface area contributed by atoms with Crippen molar-refractivity contribution in [2.45, 2.75) is 13.0 Å². The zero-order chi connectivity index (χ0) is 13.7. The molecule has 0 heterocycles. The standard InChI is InChI=1S/C13H15F2NO2/c1-9(12(17)6-7-16(2)3)18-13-5-4-10(14)8-11(13)15/h4-9H,1-3H3/b7-6+/t9-/m0/s1. The van der Waals surface area contributed by atoms with Gasteiger partial charge in [-0.15, -0.1) is 0 Å². The van der Waals surface area contributed by atoms with Gasteiger partial charge in [0.05, 0.1) is 0 Å². The zero-order valence-corrected chi connectivity index (χ0v) is 10.5. The van der Waals surface area contributed by atoms with Gasteiger partial charge in [-0.3, -0.25) is 4.79 Å². The molecule has 0 fully saturated rings. The predicted octanol–water partition coefficient (Wildman–Crippen LogP) is 2.38. The summed E-state index contributed by atoms with van der Waals surface area (Å²) >= 11 is 0. The van der Waals surface area contributed by atoms with Crippen LogP contribution in [0.15, 0.2) is 30.5 Å². The Morgan fingerprint density at radius 3 is 2.61 bits per heavy atom. The highest BCUT2D eigenvalue weighted by Crippen LogP contribution is 2.19. The molecule has 0 aliphatic rings. The molecular formula is C13H15F2NO2. The van der Waals surface area contributed by atoms with Crippen LogP contribution in [0.4, 0.5) is 8.78 Å². The molecule has 98 valence electrons. The van der Waals surface area contributed by atoms with Crippen LogP contribution in [-0.2, 0) is 4.79 Å². The Balaban J connectivity index is 2.69. The minimum Gasteiger partial charge on any atom is -0.480 e. The summed E-state index contributed by atoms with van der Waals surface area (Å²) in [6, 6.07) is 2.94. The summed E-state index contributed by atoms with van der Waals surface area (Å²) in [5.41, 5.74) is 0. The van der Waals surface area contributed by atoms with Crippen LogP contribution < -0.4 is 4.74 Å². The van der Waals surface area contributed by atoms with Crippen LogP contribution >= 0.6 is 0 Å². The van der Waals surface area contributed by atoms with Gasteiger partial charge in [0.15, 0.2) is 23.5 Å². The maximum absolute atomic E-state index is 13.3. The van der Waals surface area contributed by atoms with E-state index < -0.39 is 17.7 Å². The van der Waals surface area contributed by atoms with Gasteiger partial charge < -0.3 is 9.64 Å². The largest absolute Gasteiger partial charge is 0.480 e. The lowest BCUT2D eigenvalue weighted by molar-refractivity contribution is -0.120. The van der Waals surface area contributed by atoms with Crippen molar-refractivity contribution in [3.63, 3.8) is 0 Å². The second kappa shape index (κ2) is 6.14. The Kier molecular flexibility index (Phi) is 4.83. The summed E-state index contributed by atoms with van der Waals surface area (Å²) in [6.45, 7) is 1.51. The number of ketones is 1. The van der Waals surface area contributed by atoms with Crippen LogP contribution in [0.25, 0.3) is 0 Å². The van der Waals surface area contributed by atoms with Gasteiger partial charge >= 0.3 is 0 Å². The number of rotatable bonds is 5. The molecule has 0 saturated carbocycles. The van der Waals surface area contributed by atoms with Crippen LogP contribution in [0.2, 0.25) is 0 Å². The molecule has 0 saturated heterocycles. The molecule has 1 aromatic carbocycles. The first-order chi connectivity index (χ1) is 8.40. The van der Waals surface area contributed by atoms with Gasteiger partial charge in [0, 0.05) is 32.4 Å². The molecule has 5 heteroatoms. The Bertz CT molecular complexity index is 458. The predicted molar refractivity (Wildman–Crippen MR) is 64.3 cm³/mol. The first-order valence-electron chi connectivity index (χ1n) is 5.40. The Morgan fingerprint density at radius 1 is 1.39 bits per heavy atom. The molecule has 1 rings (SSSR count). The van der Waals surface area contributed by atoms with Gasteiger partial charge in [0.2, 0.25) is 0 Å². The van der Waals surface area contributed by atoms with E-state index in [4.69, 9.17) is 4.74 Å². The molecule has 0 bridgehead atoms. The van der Waals surface area contributed by atoms with Crippen LogP contribution in [-0.4, -0.2) is 30.9 Å². The Hall–Kier alpha value is -1.91. The summed E-state index contributed by atoms with van der Waals surface area (Å²) in [5.74, 6) is -1.96. The van der Waals surface area contributed by atoms with Gasteiger partial charge in [-0.1, -0.05) is 0 Å². The van der Waals surface area contributed by atoms with Crippen LogP contribution in [0.1, 0.15) is 6.92 Å². The molecule has 0 radical (unpaired) electrons. The number of halogens is 2. The molecule has 0 aliphatic heterocycles. The number of hydrogen-bond acceptors (Lipinski definition) is 3. The number of hydrogen-bond donors (Lipinski definition) is 0. The zero-order valence-electron chi connectivity index (χ0n) is 10.5. The molecule has 0 aromatic heterocycles. The number of carbonyl (C=O) groups is 1. The first-order valence-corrected chi connectivity index (χ1v) is 5.40. The topological polar surface area (TPSA) is 29.5 Å². The number of ether oxygens (including phenoxy) is 1. The van der Waals surface area contributed by atoms with E-state index in [2.05, 4.69) is 0 Å². The van der Waals surface area contributed by atoms with E-state index in [0.29, 0.717) is 6.07 Å². The number of nitrogens with zero attached hydrogens (tertiary/aromatic N) is 1. The lowest BCUT2D eigenvalue weighted by Crippen LogP contribution is -2.22. The summed E-state index contributed by atoms with van der Waals surface area (Å²) in [7, 11) is 3.55. The minimum absolute atomic E-state index is 0.143. The average molecular weight is 255 g/mol. The van der Waals surface area contributed by atoms with Crippen molar-refractivity contribution >= 4 is 5.78 Å². The Morgan fingerprint density at radius 2 is 2.06 bits per heavy atom. The van der Waals surface area contributed by atoms with E-state index in [0.717, 1.165) is 12.1 Å². The molecule has 0 unspecified atom stereocenters. The molecule has 1 atom stereocenters. The summed E-state index contributed by atoms with van der Waals surface area (Å²) in [6.07, 6.45) is 2.08. The lowest BCUT2D eigenvalue weighted by Gasteiger charge is -2.13. The van der Waals surface area contributed by atoms with Crippen LogP contribution in [0, 0.1) is 11.6 Å². The molecule has 0 amide bonds. The maximum Gasteiger partial charge on any atom is 0.197 e. The fourth-order valence-corrected chi connectivity index (χ4v) is 1.18. The third-order valence-corrected chi connectivity index (χ3v) is 2.14. The fourth-order valence-electron chi connectivity index (χ4n) is 1.18. The van der Waals surface area contributed by atoms with Crippen molar-refractivity contribution < 1.29 is 18.3 Å². The van der Waals surface area contributed by atoms with Gasteiger partial charge in [0.1, 0.15) is 5.82 Å². The van der Waals surface area contributed by atoms with Crippen LogP contribution in [0.5, 0.6) is 5.75 Å². The third-order valence-electron chi connectivity index (χ3n) is 2.14. The van der Waals surface area contributed by atoms with Crippen molar-refractivity contribution in [2.75, 3.05) is 14.1 Å². The van der Waals surface area contributed by atoms with Crippen molar-refractivity contribution in [3.8, 4) is 5.75 Å². The molecule has 18 heavy (non-hydrogen) atoms. The molecule has 0 aliphatic carbocycles. The maximum atomic E-state index is 13.3. The third kappa shape index (κ3) is 4.16.